The van der Waals surface area contributed by atoms with E-state index in [2.05, 4.69) is 10.4 Å². The first-order valence-electron chi connectivity index (χ1n) is 7.33. The predicted octanol–water partition coefficient (Wildman–Crippen LogP) is 2.72. The summed E-state index contributed by atoms with van der Waals surface area (Å²) in [5.41, 5.74) is 1.48. The lowest BCUT2D eigenvalue weighted by Gasteiger charge is -2.15. The molecular formula is C16H15ClFN3O2. The van der Waals surface area contributed by atoms with Crippen LogP contribution in [0.3, 0.4) is 0 Å². The molecule has 1 aromatic carbocycles. The Morgan fingerprint density at radius 1 is 1.39 bits per heavy atom. The van der Waals surface area contributed by atoms with Crippen LogP contribution in [0.1, 0.15) is 30.6 Å². The highest BCUT2D eigenvalue weighted by Crippen LogP contribution is 2.21. The highest BCUT2D eigenvalue weighted by Gasteiger charge is 2.22. The Hall–Kier alpha value is -2.21. The molecule has 0 saturated carbocycles. The summed E-state index contributed by atoms with van der Waals surface area (Å²) in [6.45, 7) is 1.55. The van der Waals surface area contributed by atoms with Crippen LogP contribution in [-0.4, -0.2) is 15.7 Å². The van der Waals surface area contributed by atoms with Crippen molar-refractivity contribution in [1.82, 2.24) is 9.78 Å². The minimum Gasteiger partial charge on any atom is -0.322 e. The number of benzene rings is 1. The molecule has 0 bridgehead atoms. The number of carbonyl (C=O) groups is 1. The number of aryl methyl sites for hydroxylation is 2. The summed E-state index contributed by atoms with van der Waals surface area (Å²) < 4.78 is 14.9. The van der Waals surface area contributed by atoms with Crippen LogP contribution in [-0.2, 0) is 17.6 Å². The number of rotatable bonds is 3. The van der Waals surface area contributed by atoms with Gasteiger partial charge in [0.1, 0.15) is 11.9 Å². The summed E-state index contributed by atoms with van der Waals surface area (Å²) in [7, 11) is 0. The zero-order chi connectivity index (χ0) is 16.6. The molecule has 1 aromatic heterocycles. The molecule has 1 N–H and O–H groups in total. The summed E-state index contributed by atoms with van der Waals surface area (Å²) in [6.07, 6.45) is 2.60. The molecule has 0 saturated heterocycles. The first-order valence-corrected chi connectivity index (χ1v) is 7.71. The molecule has 0 aliphatic heterocycles. The number of amides is 1. The molecule has 5 nitrogen and oxygen atoms in total. The van der Waals surface area contributed by atoms with Crippen molar-refractivity contribution in [1.29, 1.82) is 0 Å². The Kier molecular flexibility index (Phi) is 4.17. The number of hydrogen-bond acceptors (Lipinski definition) is 3. The van der Waals surface area contributed by atoms with Crippen LogP contribution in [0.25, 0.3) is 0 Å². The second-order valence-corrected chi connectivity index (χ2v) is 5.98. The number of hydrogen-bond donors (Lipinski definition) is 1. The minimum absolute atomic E-state index is 0.0143. The molecule has 0 fully saturated rings. The van der Waals surface area contributed by atoms with E-state index in [1.807, 2.05) is 0 Å². The number of nitrogens with one attached hydrogen (secondary N) is 1. The number of anilines is 1. The molecule has 1 atom stereocenters. The van der Waals surface area contributed by atoms with Gasteiger partial charge in [-0.15, -0.1) is 0 Å². The van der Waals surface area contributed by atoms with E-state index in [1.165, 1.54) is 18.2 Å². The Morgan fingerprint density at radius 2 is 2.17 bits per heavy atom. The SMILES string of the molecule is CC(C(=O)Nc1ccc(Cl)cc1F)n1nc2c(cc1=O)CCC2. The summed E-state index contributed by atoms with van der Waals surface area (Å²) in [4.78, 5) is 24.4. The number of nitrogens with zero attached hydrogens (tertiary/aromatic N) is 2. The lowest BCUT2D eigenvalue weighted by molar-refractivity contribution is -0.119. The van der Waals surface area contributed by atoms with Gasteiger partial charge in [-0.1, -0.05) is 11.6 Å². The van der Waals surface area contributed by atoms with E-state index in [0.29, 0.717) is 0 Å². The standard InChI is InChI=1S/C16H15ClFN3O2/c1-9(16(23)19-14-6-5-11(17)8-12(14)18)21-15(22)7-10-3-2-4-13(10)20-21/h5-9H,2-4H2,1H3,(H,19,23). The van der Waals surface area contributed by atoms with Crippen LogP contribution in [0.15, 0.2) is 29.1 Å². The molecular weight excluding hydrogens is 321 g/mol. The topological polar surface area (TPSA) is 64.0 Å². The molecule has 3 rings (SSSR count). The van der Waals surface area contributed by atoms with Gasteiger partial charge in [-0.2, -0.15) is 5.10 Å². The molecule has 0 radical (unpaired) electrons. The van der Waals surface area contributed by atoms with Crippen LogP contribution in [0, 0.1) is 5.82 Å². The van der Waals surface area contributed by atoms with Crippen LogP contribution < -0.4 is 10.9 Å². The number of carbonyl (C=O) groups excluding carboxylic acids is 1. The lowest BCUT2D eigenvalue weighted by Crippen LogP contribution is -2.34. The van der Waals surface area contributed by atoms with E-state index >= 15 is 0 Å². The monoisotopic (exact) mass is 335 g/mol. The molecule has 1 aliphatic rings. The van der Waals surface area contributed by atoms with E-state index in [4.69, 9.17) is 11.6 Å². The van der Waals surface area contributed by atoms with Crippen molar-refractivity contribution in [2.45, 2.75) is 32.2 Å². The first-order chi connectivity index (χ1) is 11.0. The smallest absolute Gasteiger partial charge is 0.267 e. The van der Waals surface area contributed by atoms with E-state index in [-0.39, 0.29) is 16.3 Å². The molecule has 23 heavy (non-hydrogen) atoms. The van der Waals surface area contributed by atoms with E-state index in [1.54, 1.807) is 6.92 Å². The predicted molar refractivity (Wildman–Crippen MR) is 85.3 cm³/mol. The zero-order valence-electron chi connectivity index (χ0n) is 12.5. The molecule has 120 valence electrons. The minimum atomic E-state index is -0.844. The summed E-state index contributed by atoms with van der Waals surface area (Å²) in [5, 5.41) is 6.98. The summed E-state index contributed by atoms with van der Waals surface area (Å²) in [6, 6.07) is 4.65. The highest BCUT2D eigenvalue weighted by atomic mass is 35.5. The number of fused-ring (bicyclic) bond motifs is 1. The Bertz CT molecular complexity index is 835. The Labute approximate surface area is 137 Å². The van der Waals surface area contributed by atoms with Crippen molar-refractivity contribution < 1.29 is 9.18 Å². The van der Waals surface area contributed by atoms with E-state index in [0.717, 1.165) is 41.3 Å². The van der Waals surface area contributed by atoms with Gasteiger partial charge < -0.3 is 5.32 Å². The molecule has 1 heterocycles. The average Bonchev–Trinajstić information content (AvgIpc) is 2.95. The van der Waals surface area contributed by atoms with Crippen LogP contribution in [0.4, 0.5) is 10.1 Å². The molecule has 7 heteroatoms. The Morgan fingerprint density at radius 3 is 2.91 bits per heavy atom. The van der Waals surface area contributed by atoms with Crippen molar-refractivity contribution in [3.05, 3.63) is 56.7 Å². The van der Waals surface area contributed by atoms with Crippen molar-refractivity contribution in [3.63, 3.8) is 0 Å². The van der Waals surface area contributed by atoms with E-state index < -0.39 is 17.8 Å². The molecule has 2 aromatic rings. The average molecular weight is 336 g/mol. The largest absolute Gasteiger partial charge is 0.322 e. The molecule has 0 spiro atoms. The molecule has 1 amide bonds. The van der Waals surface area contributed by atoms with Crippen molar-refractivity contribution in [2.24, 2.45) is 0 Å². The second-order valence-electron chi connectivity index (χ2n) is 5.54. The third-order valence-corrected chi connectivity index (χ3v) is 4.15. The van der Waals surface area contributed by atoms with Crippen molar-refractivity contribution in [3.8, 4) is 0 Å². The normalized spacial score (nSPS) is 14.4. The molecule has 1 aliphatic carbocycles. The van der Waals surface area contributed by atoms with Crippen LogP contribution >= 0.6 is 11.6 Å². The van der Waals surface area contributed by atoms with Crippen molar-refractivity contribution in [2.75, 3.05) is 5.32 Å². The maximum absolute atomic E-state index is 13.8. The highest BCUT2D eigenvalue weighted by molar-refractivity contribution is 6.30. The van der Waals surface area contributed by atoms with E-state index in [9.17, 15) is 14.0 Å². The third kappa shape index (κ3) is 3.12. The third-order valence-electron chi connectivity index (χ3n) is 3.92. The first kappa shape index (κ1) is 15.7. The van der Waals surface area contributed by atoms with Crippen LogP contribution in [0.2, 0.25) is 5.02 Å². The van der Waals surface area contributed by atoms with Crippen molar-refractivity contribution >= 4 is 23.2 Å². The van der Waals surface area contributed by atoms with Gasteiger partial charge in [0.05, 0.1) is 11.4 Å². The lowest BCUT2D eigenvalue weighted by atomic mass is 10.2. The van der Waals surface area contributed by atoms with Gasteiger partial charge in [-0.05, 0) is 49.9 Å². The van der Waals surface area contributed by atoms with Gasteiger partial charge in [0, 0.05) is 11.1 Å². The number of aromatic nitrogens is 2. The second kappa shape index (κ2) is 6.12. The van der Waals surface area contributed by atoms with Crippen LogP contribution in [0.5, 0.6) is 0 Å². The van der Waals surface area contributed by atoms with Gasteiger partial charge in [-0.3, -0.25) is 9.59 Å². The maximum atomic E-state index is 13.8. The fraction of sp³-hybridized carbons (Fsp3) is 0.312. The Balaban J connectivity index is 1.84. The molecule has 1 unspecified atom stereocenters. The van der Waals surface area contributed by atoms with Gasteiger partial charge >= 0.3 is 0 Å². The van der Waals surface area contributed by atoms with Gasteiger partial charge in [0.2, 0.25) is 5.91 Å². The summed E-state index contributed by atoms with van der Waals surface area (Å²) in [5.74, 6) is -1.15. The zero-order valence-corrected chi connectivity index (χ0v) is 13.2. The maximum Gasteiger partial charge on any atom is 0.267 e. The fourth-order valence-corrected chi connectivity index (χ4v) is 2.79. The van der Waals surface area contributed by atoms with Gasteiger partial charge in [-0.25, -0.2) is 9.07 Å². The van der Waals surface area contributed by atoms with Gasteiger partial charge in [0.25, 0.3) is 5.56 Å². The summed E-state index contributed by atoms with van der Waals surface area (Å²) >= 11 is 5.68. The van der Waals surface area contributed by atoms with Gasteiger partial charge in [0.15, 0.2) is 0 Å². The fourth-order valence-electron chi connectivity index (χ4n) is 2.63. The quantitative estimate of drug-likeness (QED) is 0.938. The number of halogens is 2.